The standard InChI is InChI=1S/C18H13N5O2/c19-16-15(9-14(11-21-16)24-13-6-2-1-3-7-13)18-23-22-17(25-18)12-5-4-8-20-10-12/h1-11H,(H2,19,21). The number of hydrogen-bond acceptors (Lipinski definition) is 7. The van der Waals surface area contributed by atoms with Crippen LogP contribution in [0.25, 0.3) is 22.9 Å². The molecule has 4 aromatic rings. The summed E-state index contributed by atoms with van der Waals surface area (Å²) in [6, 6.07) is 14.7. The summed E-state index contributed by atoms with van der Waals surface area (Å²) in [6.45, 7) is 0. The number of para-hydroxylation sites is 1. The first-order valence-electron chi connectivity index (χ1n) is 7.52. The molecule has 0 fully saturated rings. The van der Waals surface area contributed by atoms with Crippen molar-refractivity contribution in [3.63, 3.8) is 0 Å². The lowest BCUT2D eigenvalue weighted by molar-refractivity contribution is 0.480. The Hall–Kier alpha value is -3.74. The van der Waals surface area contributed by atoms with Crippen LogP contribution in [0.4, 0.5) is 5.82 Å². The van der Waals surface area contributed by atoms with E-state index in [0.29, 0.717) is 23.0 Å². The van der Waals surface area contributed by atoms with Gasteiger partial charge in [0.1, 0.15) is 17.3 Å². The van der Waals surface area contributed by atoms with Gasteiger partial charge in [0, 0.05) is 12.4 Å². The van der Waals surface area contributed by atoms with Gasteiger partial charge in [0.25, 0.3) is 5.89 Å². The van der Waals surface area contributed by atoms with E-state index in [-0.39, 0.29) is 11.7 Å². The molecule has 122 valence electrons. The molecular formula is C18H13N5O2. The van der Waals surface area contributed by atoms with Gasteiger partial charge >= 0.3 is 0 Å². The highest BCUT2D eigenvalue weighted by Crippen LogP contribution is 2.31. The molecule has 0 aliphatic rings. The van der Waals surface area contributed by atoms with E-state index in [9.17, 15) is 0 Å². The summed E-state index contributed by atoms with van der Waals surface area (Å²) in [6.07, 6.45) is 4.87. The van der Waals surface area contributed by atoms with Gasteiger partial charge in [-0.05, 0) is 30.3 Å². The SMILES string of the molecule is Nc1ncc(Oc2ccccc2)cc1-c1nnc(-c2cccnc2)o1. The Balaban J connectivity index is 1.66. The molecule has 0 saturated heterocycles. The molecule has 0 bridgehead atoms. The first-order chi connectivity index (χ1) is 12.3. The molecule has 0 atom stereocenters. The summed E-state index contributed by atoms with van der Waals surface area (Å²) in [4.78, 5) is 8.18. The topological polar surface area (TPSA) is 100.0 Å². The highest BCUT2D eigenvalue weighted by atomic mass is 16.5. The van der Waals surface area contributed by atoms with Crippen molar-refractivity contribution in [2.24, 2.45) is 0 Å². The Morgan fingerprint density at radius 3 is 2.52 bits per heavy atom. The second-order valence-electron chi connectivity index (χ2n) is 5.17. The van der Waals surface area contributed by atoms with Crippen molar-refractivity contribution in [2.75, 3.05) is 5.73 Å². The summed E-state index contributed by atoms with van der Waals surface area (Å²) >= 11 is 0. The van der Waals surface area contributed by atoms with E-state index in [1.165, 1.54) is 0 Å². The van der Waals surface area contributed by atoms with E-state index in [4.69, 9.17) is 14.9 Å². The average Bonchev–Trinajstić information content (AvgIpc) is 3.15. The summed E-state index contributed by atoms with van der Waals surface area (Å²) in [5, 5.41) is 8.09. The van der Waals surface area contributed by atoms with Crippen molar-refractivity contribution in [2.45, 2.75) is 0 Å². The third kappa shape index (κ3) is 3.16. The van der Waals surface area contributed by atoms with Gasteiger partial charge in [-0.15, -0.1) is 10.2 Å². The van der Waals surface area contributed by atoms with E-state index >= 15 is 0 Å². The van der Waals surface area contributed by atoms with Crippen molar-refractivity contribution >= 4 is 5.82 Å². The monoisotopic (exact) mass is 331 g/mol. The lowest BCUT2D eigenvalue weighted by Crippen LogP contribution is -1.95. The number of pyridine rings is 2. The molecule has 4 rings (SSSR count). The maximum atomic E-state index is 5.96. The molecule has 0 amide bonds. The van der Waals surface area contributed by atoms with Crippen molar-refractivity contribution < 1.29 is 9.15 Å². The van der Waals surface area contributed by atoms with Gasteiger partial charge < -0.3 is 14.9 Å². The second-order valence-corrected chi connectivity index (χ2v) is 5.17. The molecule has 0 aliphatic carbocycles. The predicted molar refractivity (Wildman–Crippen MR) is 91.7 cm³/mol. The van der Waals surface area contributed by atoms with Gasteiger partial charge in [0.05, 0.1) is 17.3 Å². The van der Waals surface area contributed by atoms with Crippen LogP contribution < -0.4 is 10.5 Å². The molecule has 1 aromatic carbocycles. The molecule has 2 N–H and O–H groups in total. The van der Waals surface area contributed by atoms with Crippen LogP contribution in [0.15, 0.2) is 71.5 Å². The summed E-state index contributed by atoms with van der Waals surface area (Å²) in [5.74, 6) is 2.12. The number of benzene rings is 1. The van der Waals surface area contributed by atoms with Crippen molar-refractivity contribution in [3.8, 4) is 34.4 Å². The van der Waals surface area contributed by atoms with Crippen LogP contribution in [0.5, 0.6) is 11.5 Å². The molecule has 3 heterocycles. The van der Waals surface area contributed by atoms with Gasteiger partial charge in [-0.25, -0.2) is 4.98 Å². The van der Waals surface area contributed by atoms with E-state index in [0.717, 1.165) is 5.56 Å². The number of aromatic nitrogens is 4. The van der Waals surface area contributed by atoms with Gasteiger partial charge in [0.2, 0.25) is 5.89 Å². The zero-order valence-electron chi connectivity index (χ0n) is 13.0. The lowest BCUT2D eigenvalue weighted by atomic mass is 10.2. The molecule has 3 aromatic heterocycles. The van der Waals surface area contributed by atoms with Crippen LogP contribution in [0, 0.1) is 0 Å². The molecule has 25 heavy (non-hydrogen) atoms. The lowest BCUT2D eigenvalue weighted by Gasteiger charge is -2.07. The quantitative estimate of drug-likeness (QED) is 0.610. The number of rotatable bonds is 4. The zero-order valence-corrected chi connectivity index (χ0v) is 13.0. The minimum atomic E-state index is 0.266. The smallest absolute Gasteiger partial charge is 0.252 e. The fourth-order valence-electron chi connectivity index (χ4n) is 2.25. The van der Waals surface area contributed by atoms with Gasteiger partial charge in [-0.2, -0.15) is 0 Å². The third-order valence-corrected chi connectivity index (χ3v) is 3.44. The predicted octanol–water partition coefficient (Wildman–Crippen LogP) is 3.57. The average molecular weight is 331 g/mol. The van der Waals surface area contributed by atoms with Crippen LogP contribution in [-0.4, -0.2) is 20.2 Å². The molecule has 0 aliphatic heterocycles. The number of hydrogen-bond donors (Lipinski definition) is 1. The van der Waals surface area contributed by atoms with E-state index < -0.39 is 0 Å². The highest BCUT2D eigenvalue weighted by Gasteiger charge is 2.15. The van der Waals surface area contributed by atoms with Crippen LogP contribution in [0.1, 0.15) is 0 Å². The molecule has 0 radical (unpaired) electrons. The molecule has 7 heteroatoms. The zero-order chi connectivity index (χ0) is 17.1. The van der Waals surface area contributed by atoms with Crippen molar-refractivity contribution in [1.29, 1.82) is 0 Å². The normalized spacial score (nSPS) is 10.6. The second kappa shape index (κ2) is 6.40. The number of ether oxygens (including phenoxy) is 1. The molecular weight excluding hydrogens is 318 g/mol. The van der Waals surface area contributed by atoms with Gasteiger partial charge in [0.15, 0.2) is 0 Å². The Morgan fingerprint density at radius 2 is 1.72 bits per heavy atom. The molecule has 7 nitrogen and oxygen atoms in total. The Morgan fingerprint density at radius 1 is 0.880 bits per heavy atom. The van der Waals surface area contributed by atoms with Gasteiger partial charge in [-0.1, -0.05) is 18.2 Å². The Bertz CT molecular complexity index is 987. The minimum Gasteiger partial charge on any atom is -0.456 e. The largest absolute Gasteiger partial charge is 0.456 e. The Kier molecular flexibility index (Phi) is 3.80. The van der Waals surface area contributed by atoms with Crippen LogP contribution in [0.3, 0.4) is 0 Å². The first-order valence-corrected chi connectivity index (χ1v) is 7.52. The van der Waals surface area contributed by atoms with Crippen LogP contribution in [0.2, 0.25) is 0 Å². The van der Waals surface area contributed by atoms with Crippen molar-refractivity contribution in [1.82, 2.24) is 20.2 Å². The minimum absolute atomic E-state index is 0.266. The maximum absolute atomic E-state index is 5.96. The maximum Gasteiger partial charge on any atom is 0.252 e. The van der Waals surface area contributed by atoms with Crippen LogP contribution >= 0.6 is 0 Å². The first kappa shape index (κ1) is 14.8. The van der Waals surface area contributed by atoms with Gasteiger partial charge in [-0.3, -0.25) is 4.98 Å². The van der Waals surface area contributed by atoms with Crippen molar-refractivity contribution in [3.05, 3.63) is 67.1 Å². The molecule has 0 unspecified atom stereocenters. The summed E-state index contributed by atoms with van der Waals surface area (Å²) in [5.41, 5.74) is 7.19. The number of nitrogen functional groups attached to an aromatic ring is 1. The molecule has 0 spiro atoms. The fraction of sp³-hybridized carbons (Fsp3) is 0. The number of anilines is 1. The summed E-state index contributed by atoms with van der Waals surface area (Å²) in [7, 11) is 0. The third-order valence-electron chi connectivity index (χ3n) is 3.44. The summed E-state index contributed by atoms with van der Waals surface area (Å²) < 4.78 is 11.5. The molecule has 0 saturated carbocycles. The van der Waals surface area contributed by atoms with E-state index in [1.54, 1.807) is 30.7 Å². The number of nitrogens with zero attached hydrogens (tertiary/aromatic N) is 4. The Labute approximate surface area is 143 Å². The fourth-order valence-corrected chi connectivity index (χ4v) is 2.25. The van der Waals surface area contributed by atoms with E-state index in [1.807, 2.05) is 36.4 Å². The number of nitrogens with two attached hydrogens (primary N) is 1. The van der Waals surface area contributed by atoms with Crippen LogP contribution in [-0.2, 0) is 0 Å². The van der Waals surface area contributed by atoms with E-state index in [2.05, 4.69) is 20.2 Å². The highest BCUT2D eigenvalue weighted by molar-refractivity contribution is 5.69.